The molecule has 0 bridgehead atoms. The van der Waals surface area contributed by atoms with Crippen molar-refractivity contribution in [3.63, 3.8) is 0 Å². The van der Waals surface area contributed by atoms with E-state index in [1.165, 1.54) is 0 Å². The molecule has 4 nitrogen and oxygen atoms in total. The lowest BCUT2D eigenvalue weighted by Gasteiger charge is -2.36. The molecule has 1 saturated carbocycles. The maximum absolute atomic E-state index is 9.89. The quantitative estimate of drug-likeness (QED) is 0.760. The van der Waals surface area contributed by atoms with Crippen molar-refractivity contribution in [1.82, 2.24) is 5.32 Å². The van der Waals surface area contributed by atoms with Gasteiger partial charge in [-0.2, -0.15) is 0 Å². The van der Waals surface area contributed by atoms with E-state index in [-0.39, 0.29) is 0 Å². The summed E-state index contributed by atoms with van der Waals surface area (Å²) >= 11 is 3.39. The Labute approximate surface area is 128 Å². The van der Waals surface area contributed by atoms with Crippen LogP contribution in [-0.4, -0.2) is 43.1 Å². The van der Waals surface area contributed by atoms with Crippen LogP contribution in [0.15, 0.2) is 28.7 Å². The fourth-order valence-electron chi connectivity index (χ4n) is 2.21. The lowest BCUT2D eigenvalue weighted by molar-refractivity contribution is -0.0134. The van der Waals surface area contributed by atoms with Gasteiger partial charge in [0.2, 0.25) is 0 Å². The van der Waals surface area contributed by atoms with Gasteiger partial charge in [-0.1, -0.05) is 22.0 Å². The Balaban J connectivity index is 1.58. The molecule has 1 aromatic rings. The van der Waals surface area contributed by atoms with Crippen molar-refractivity contribution >= 4 is 15.9 Å². The molecular formula is C15H22BrNO3. The van der Waals surface area contributed by atoms with E-state index in [4.69, 9.17) is 9.47 Å². The minimum Gasteiger partial charge on any atom is -0.491 e. The van der Waals surface area contributed by atoms with Crippen LogP contribution >= 0.6 is 15.9 Å². The molecule has 0 amide bonds. The van der Waals surface area contributed by atoms with Gasteiger partial charge >= 0.3 is 0 Å². The zero-order valence-corrected chi connectivity index (χ0v) is 13.3. The first-order valence-corrected chi connectivity index (χ1v) is 7.88. The van der Waals surface area contributed by atoms with Gasteiger partial charge < -0.3 is 19.9 Å². The highest BCUT2D eigenvalue weighted by Gasteiger charge is 2.29. The topological polar surface area (TPSA) is 50.7 Å². The zero-order valence-electron chi connectivity index (χ0n) is 11.7. The van der Waals surface area contributed by atoms with E-state index in [2.05, 4.69) is 21.2 Å². The summed E-state index contributed by atoms with van der Waals surface area (Å²) in [5.41, 5.74) is 0. The third-order valence-electron chi connectivity index (χ3n) is 3.38. The Morgan fingerprint density at radius 3 is 2.95 bits per heavy atom. The van der Waals surface area contributed by atoms with Crippen molar-refractivity contribution in [1.29, 1.82) is 0 Å². The molecule has 0 aromatic heterocycles. The highest BCUT2D eigenvalue weighted by molar-refractivity contribution is 9.10. The number of aliphatic hydroxyl groups is 1. The average molecular weight is 344 g/mol. The normalized spacial score (nSPS) is 23.1. The second-order valence-corrected chi connectivity index (χ2v) is 5.99. The Morgan fingerprint density at radius 2 is 2.25 bits per heavy atom. The van der Waals surface area contributed by atoms with E-state index in [9.17, 15) is 5.11 Å². The molecule has 1 fully saturated rings. The van der Waals surface area contributed by atoms with Crippen molar-refractivity contribution in [2.75, 3.05) is 19.8 Å². The zero-order chi connectivity index (χ0) is 14.4. The Bertz CT molecular complexity index is 410. The summed E-state index contributed by atoms with van der Waals surface area (Å²) in [6.45, 7) is 3.65. The minimum atomic E-state index is -0.500. The molecule has 1 aliphatic rings. The van der Waals surface area contributed by atoms with Crippen molar-refractivity contribution in [3.8, 4) is 5.75 Å². The lowest BCUT2D eigenvalue weighted by atomic mass is 9.89. The van der Waals surface area contributed by atoms with Crippen LogP contribution < -0.4 is 10.1 Å². The number of ether oxygens (including phenoxy) is 2. The van der Waals surface area contributed by atoms with Crippen LogP contribution in [0.2, 0.25) is 0 Å². The van der Waals surface area contributed by atoms with Crippen molar-refractivity contribution in [2.24, 2.45) is 0 Å². The number of aliphatic hydroxyl groups excluding tert-OH is 1. The number of hydrogen-bond donors (Lipinski definition) is 2. The number of halogens is 1. The van der Waals surface area contributed by atoms with E-state index < -0.39 is 6.10 Å². The third kappa shape index (κ3) is 5.05. The molecule has 0 radical (unpaired) electrons. The van der Waals surface area contributed by atoms with Gasteiger partial charge in [0, 0.05) is 23.7 Å². The van der Waals surface area contributed by atoms with Crippen LogP contribution in [0.25, 0.3) is 0 Å². The highest BCUT2D eigenvalue weighted by atomic mass is 79.9. The molecule has 1 aliphatic carbocycles. The molecule has 0 heterocycles. The molecule has 2 rings (SSSR count). The summed E-state index contributed by atoms with van der Waals surface area (Å²) in [4.78, 5) is 0. The summed E-state index contributed by atoms with van der Waals surface area (Å²) < 4.78 is 12.0. The third-order valence-corrected chi connectivity index (χ3v) is 3.87. The molecular weight excluding hydrogens is 322 g/mol. The Morgan fingerprint density at radius 1 is 1.45 bits per heavy atom. The van der Waals surface area contributed by atoms with Gasteiger partial charge in [-0.15, -0.1) is 0 Å². The van der Waals surface area contributed by atoms with Gasteiger partial charge in [0.25, 0.3) is 0 Å². The Hall–Kier alpha value is -0.620. The number of nitrogens with one attached hydrogen (secondary N) is 1. The average Bonchev–Trinajstić information content (AvgIpc) is 2.39. The first kappa shape index (κ1) is 15.8. The van der Waals surface area contributed by atoms with Crippen LogP contribution in [0.5, 0.6) is 5.75 Å². The first-order valence-electron chi connectivity index (χ1n) is 7.08. The van der Waals surface area contributed by atoms with Crippen LogP contribution in [0.4, 0.5) is 0 Å². The molecule has 0 saturated heterocycles. The molecule has 1 aromatic carbocycles. The molecule has 2 N–H and O–H groups in total. The number of hydrogen-bond acceptors (Lipinski definition) is 4. The van der Waals surface area contributed by atoms with E-state index >= 15 is 0 Å². The fraction of sp³-hybridized carbons (Fsp3) is 0.600. The second kappa shape index (κ2) is 7.98. The predicted molar refractivity (Wildman–Crippen MR) is 82.1 cm³/mol. The van der Waals surface area contributed by atoms with E-state index in [1.807, 2.05) is 31.2 Å². The minimum absolute atomic E-state index is 0.297. The molecule has 0 spiro atoms. The smallest absolute Gasteiger partial charge is 0.120 e. The number of rotatable bonds is 8. The van der Waals surface area contributed by atoms with Gasteiger partial charge in [0.15, 0.2) is 0 Å². The maximum Gasteiger partial charge on any atom is 0.120 e. The van der Waals surface area contributed by atoms with Crippen LogP contribution in [0.3, 0.4) is 0 Å². The van der Waals surface area contributed by atoms with E-state index in [0.29, 0.717) is 25.3 Å². The van der Waals surface area contributed by atoms with Crippen LogP contribution in [0, 0.1) is 0 Å². The highest BCUT2D eigenvalue weighted by Crippen LogP contribution is 2.23. The second-order valence-electron chi connectivity index (χ2n) is 5.08. The standard InChI is InChI=1S/C15H22BrNO3/c1-2-19-15-7-12(8-15)17-9-13(18)10-20-14-5-3-4-11(16)6-14/h3-6,12-13,15,17-18H,2,7-10H2,1H3. The van der Waals surface area contributed by atoms with Crippen LogP contribution in [0.1, 0.15) is 19.8 Å². The monoisotopic (exact) mass is 343 g/mol. The summed E-state index contributed by atoms with van der Waals surface area (Å²) in [5.74, 6) is 0.762. The van der Waals surface area contributed by atoms with Crippen molar-refractivity contribution in [3.05, 3.63) is 28.7 Å². The van der Waals surface area contributed by atoms with Crippen molar-refractivity contribution in [2.45, 2.75) is 38.0 Å². The first-order chi connectivity index (χ1) is 9.67. The summed E-state index contributed by atoms with van der Waals surface area (Å²) in [5, 5.41) is 13.2. The van der Waals surface area contributed by atoms with E-state index in [0.717, 1.165) is 29.7 Å². The SMILES string of the molecule is CCOC1CC(NCC(O)COc2cccc(Br)c2)C1. The Kier molecular flexibility index (Phi) is 6.29. The lowest BCUT2D eigenvalue weighted by Crippen LogP contribution is -2.48. The van der Waals surface area contributed by atoms with Gasteiger partial charge in [-0.25, -0.2) is 0 Å². The molecule has 1 atom stereocenters. The summed E-state index contributed by atoms with van der Waals surface area (Å²) in [7, 11) is 0. The van der Waals surface area contributed by atoms with Gasteiger partial charge in [0.05, 0.1) is 6.10 Å². The molecule has 0 aliphatic heterocycles. The molecule has 5 heteroatoms. The van der Waals surface area contributed by atoms with Gasteiger partial charge in [0.1, 0.15) is 18.5 Å². The van der Waals surface area contributed by atoms with Crippen molar-refractivity contribution < 1.29 is 14.6 Å². The molecule has 20 heavy (non-hydrogen) atoms. The fourth-order valence-corrected chi connectivity index (χ4v) is 2.59. The predicted octanol–water partition coefficient (Wildman–Crippen LogP) is 2.35. The maximum atomic E-state index is 9.89. The summed E-state index contributed by atoms with van der Waals surface area (Å²) in [6.07, 6.45) is 1.97. The van der Waals surface area contributed by atoms with Gasteiger partial charge in [-0.05, 0) is 38.0 Å². The summed E-state index contributed by atoms with van der Waals surface area (Å²) in [6, 6.07) is 8.08. The van der Waals surface area contributed by atoms with E-state index in [1.54, 1.807) is 0 Å². The van der Waals surface area contributed by atoms with Gasteiger partial charge in [-0.3, -0.25) is 0 Å². The largest absolute Gasteiger partial charge is 0.491 e. The molecule has 112 valence electrons. The van der Waals surface area contributed by atoms with Crippen LogP contribution in [-0.2, 0) is 4.74 Å². The number of benzene rings is 1. The molecule has 1 unspecified atom stereocenters.